The molecule has 0 saturated carbocycles. The lowest BCUT2D eigenvalue weighted by atomic mass is 10.1. The molecule has 0 fully saturated rings. The normalized spacial score (nSPS) is 11.1. The number of aryl methyl sites for hydroxylation is 1. The highest BCUT2D eigenvalue weighted by molar-refractivity contribution is 5.82. The fourth-order valence-corrected chi connectivity index (χ4v) is 2.02. The van der Waals surface area contributed by atoms with Crippen LogP contribution in [0.25, 0.3) is 22.4 Å². The van der Waals surface area contributed by atoms with Crippen LogP contribution in [-0.4, -0.2) is 9.97 Å². The van der Waals surface area contributed by atoms with Crippen LogP contribution in [0.5, 0.6) is 0 Å². The molecule has 0 spiro atoms. The van der Waals surface area contributed by atoms with Gasteiger partial charge in [-0.2, -0.15) is 0 Å². The Kier molecular flexibility index (Phi) is 2.48. The molecule has 96 valence electrons. The fourth-order valence-electron chi connectivity index (χ4n) is 2.02. The standard InChI is InChI=1S/C14H11F2N3/c1-7-2-3-12-13(4-7)19-14(18-12)8-5-9(15)10(16)6-11(8)17/h2-6H,17H2,1H3,(H,18,19). The second kappa shape index (κ2) is 4.05. The van der Waals surface area contributed by atoms with E-state index >= 15 is 0 Å². The first kappa shape index (κ1) is 11.6. The molecule has 5 heteroatoms. The molecule has 0 unspecified atom stereocenters. The van der Waals surface area contributed by atoms with Gasteiger partial charge in [0, 0.05) is 17.3 Å². The third-order valence-electron chi connectivity index (χ3n) is 2.98. The molecule has 0 aliphatic heterocycles. The van der Waals surface area contributed by atoms with Gasteiger partial charge in [-0.1, -0.05) is 6.07 Å². The van der Waals surface area contributed by atoms with Gasteiger partial charge in [-0.3, -0.25) is 0 Å². The Hall–Kier alpha value is -2.43. The van der Waals surface area contributed by atoms with Crippen molar-refractivity contribution in [1.82, 2.24) is 9.97 Å². The number of imidazole rings is 1. The number of benzene rings is 2. The summed E-state index contributed by atoms with van der Waals surface area (Å²) in [4.78, 5) is 7.39. The largest absolute Gasteiger partial charge is 0.398 e. The highest BCUT2D eigenvalue weighted by Crippen LogP contribution is 2.28. The topological polar surface area (TPSA) is 54.7 Å². The van der Waals surface area contributed by atoms with Gasteiger partial charge in [-0.25, -0.2) is 13.8 Å². The number of rotatable bonds is 1. The Bertz CT molecular complexity index is 778. The first-order chi connectivity index (χ1) is 9.04. The summed E-state index contributed by atoms with van der Waals surface area (Å²) >= 11 is 0. The van der Waals surface area contributed by atoms with Gasteiger partial charge < -0.3 is 10.7 Å². The number of aromatic nitrogens is 2. The molecule has 3 aromatic rings. The van der Waals surface area contributed by atoms with Crippen LogP contribution in [0.3, 0.4) is 0 Å². The zero-order valence-electron chi connectivity index (χ0n) is 10.2. The maximum atomic E-state index is 13.3. The predicted octanol–water partition coefficient (Wildman–Crippen LogP) is 3.40. The lowest BCUT2D eigenvalue weighted by molar-refractivity contribution is 0.509. The molecular formula is C14H11F2N3. The van der Waals surface area contributed by atoms with Gasteiger partial charge >= 0.3 is 0 Å². The van der Waals surface area contributed by atoms with Gasteiger partial charge in [0.2, 0.25) is 0 Å². The van der Waals surface area contributed by atoms with E-state index in [4.69, 9.17) is 5.73 Å². The smallest absolute Gasteiger partial charge is 0.160 e. The van der Waals surface area contributed by atoms with Gasteiger partial charge in [0.05, 0.1) is 11.0 Å². The van der Waals surface area contributed by atoms with E-state index in [2.05, 4.69) is 9.97 Å². The Morgan fingerprint density at radius 1 is 1.11 bits per heavy atom. The van der Waals surface area contributed by atoms with Gasteiger partial charge in [-0.05, 0) is 30.7 Å². The highest BCUT2D eigenvalue weighted by Gasteiger charge is 2.12. The van der Waals surface area contributed by atoms with E-state index < -0.39 is 11.6 Å². The van der Waals surface area contributed by atoms with Crippen LogP contribution in [0.2, 0.25) is 0 Å². The number of hydrogen-bond acceptors (Lipinski definition) is 2. The summed E-state index contributed by atoms with van der Waals surface area (Å²) in [5.74, 6) is -1.48. The molecule has 0 radical (unpaired) electrons. The molecule has 3 rings (SSSR count). The van der Waals surface area contributed by atoms with Crippen LogP contribution >= 0.6 is 0 Å². The minimum Gasteiger partial charge on any atom is -0.398 e. The molecular weight excluding hydrogens is 248 g/mol. The van der Waals surface area contributed by atoms with Crippen LogP contribution in [0.4, 0.5) is 14.5 Å². The third-order valence-corrected chi connectivity index (χ3v) is 2.98. The monoisotopic (exact) mass is 259 g/mol. The molecule has 3 N–H and O–H groups in total. The zero-order chi connectivity index (χ0) is 13.6. The summed E-state index contributed by atoms with van der Waals surface area (Å²) in [5, 5.41) is 0. The van der Waals surface area contributed by atoms with E-state index in [1.165, 1.54) is 0 Å². The molecule has 0 atom stereocenters. The average molecular weight is 259 g/mol. The molecule has 1 aromatic heterocycles. The fraction of sp³-hybridized carbons (Fsp3) is 0.0714. The minimum atomic E-state index is -0.965. The van der Waals surface area contributed by atoms with Gasteiger partial charge in [0.15, 0.2) is 11.6 Å². The molecule has 0 aliphatic carbocycles. The molecule has 3 nitrogen and oxygen atoms in total. The van der Waals surface area contributed by atoms with Crippen LogP contribution in [0.15, 0.2) is 30.3 Å². The number of H-pyrrole nitrogens is 1. The molecule has 19 heavy (non-hydrogen) atoms. The van der Waals surface area contributed by atoms with E-state index in [9.17, 15) is 8.78 Å². The summed E-state index contributed by atoms with van der Waals surface area (Å²) in [5.41, 5.74) is 8.88. The number of halogens is 2. The predicted molar refractivity (Wildman–Crippen MR) is 70.6 cm³/mol. The molecule has 0 amide bonds. The maximum Gasteiger partial charge on any atom is 0.160 e. The molecule has 0 aliphatic rings. The summed E-state index contributed by atoms with van der Waals surface area (Å²) in [6.45, 7) is 1.96. The molecule has 0 bridgehead atoms. The van der Waals surface area contributed by atoms with Crippen molar-refractivity contribution in [3.05, 3.63) is 47.5 Å². The van der Waals surface area contributed by atoms with Crippen molar-refractivity contribution in [3.63, 3.8) is 0 Å². The van der Waals surface area contributed by atoms with Gasteiger partial charge in [-0.15, -0.1) is 0 Å². The quantitative estimate of drug-likeness (QED) is 0.658. The second-order valence-corrected chi connectivity index (χ2v) is 4.46. The number of aromatic amines is 1. The summed E-state index contributed by atoms with van der Waals surface area (Å²) < 4.78 is 26.3. The number of anilines is 1. The first-order valence-corrected chi connectivity index (χ1v) is 5.76. The van der Waals surface area contributed by atoms with Crippen LogP contribution in [0.1, 0.15) is 5.56 Å². The van der Waals surface area contributed by atoms with Crippen molar-refractivity contribution in [2.24, 2.45) is 0 Å². The Labute approximate surface area is 108 Å². The first-order valence-electron chi connectivity index (χ1n) is 5.76. The van der Waals surface area contributed by atoms with Gasteiger partial charge in [0.25, 0.3) is 0 Å². The summed E-state index contributed by atoms with van der Waals surface area (Å²) in [6, 6.07) is 7.74. The van der Waals surface area contributed by atoms with Crippen molar-refractivity contribution in [2.75, 3.05) is 5.73 Å². The number of nitrogen functional groups attached to an aromatic ring is 1. The number of nitrogens with one attached hydrogen (secondary N) is 1. The summed E-state index contributed by atoms with van der Waals surface area (Å²) in [6.07, 6.45) is 0. The van der Waals surface area contributed by atoms with E-state index in [1.807, 2.05) is 25.1 Å². The SMILES string of the molecule is Cc1ccc2nc(-c3cc(F)c(F)cc3N)[nH]c2c1. The van der Waals surface area contributed by atoms with Crippen LogP contribution < -0.4 is 5.73 Å². The average Bonchev–Trinajstić information content (AvgIpc) is 2.76. The van der Waals surface area contributed by atoms with Crippen molar-refractivity contribution in [2.45, 2.75) is 6.92 Å². The number of fused-ring (bicyclic) bond motifs is 1. The van der Waals surface area contributed by atoms with Crippen molar-refractivity contribution in [1.29, 1.82) is 0 Å². The van der Waals surface area contributed by atoms with Crippen LogP contribution in [0, 0.1) is 18.6 Å². The summed E-state index contributed by atoms with van der Waals surface area (Å²) in [7, 11) is 0. The van der Waals surface area contributed by atoms with E-state index in [0.29, 0.717) is 11.4 Å². The van der Waals surface area contributed by atoms with Crippen molar-refractivity contribution < 1.29 is 8.78 Å². The molecule has 1 heterocycles. The minimum absolute atomic E-state index is 0.148. The Balaban J connectivity index is 2.21. The van der Waals surface area contributed by atoms with Gasteiger partial charge in [0.1, 0.15) is 5.82 Å². The van der Waals surface area contributed by atoms with E-state index in [1.54, 1.807) is 0 Å². The number of nitrogens with two attached hydrogens (primary N) is 1. The lowest BCUT2D eigenvalue weighted by Gasteiger charge is -2.03. The number of nitrogens with zero attached hydrogens (tertiary/aromatic N) is 1. The van der Waals surface area contributed by atoms with Crippen molar-refractivity contribution >= 4 is 16.7 Å². The Morgan fingerprint density at radius 3 is 2.63 bits per heavy atom. The Morgan fingerprint density at radius 2 is 1.84 bits per heavy atom. The van der Waals surface area contributed by atoms with E-state index in [-0.39, 0.29) is 5.69 Å². The zero-order valence-corrected chi connectivity index (χ0v) is 10.2. The van der Waals surface area contributed by atoms with Crippen molar-refractivity contribution in [3.8, 4) is 11.4 Å². The molecule has 0 saturated heterocycles. The number of hydrogen-bond donors (Lipinski definition) is 2. The second-order valence-electron chi connectivity index (χ2n) is 4.46. The lowest BCUT2D eigenvalue weighted by Crippen LogP contribution is -1.95. The highest BCUT2D eigenvalue weighted by atomic mass is 19.2. The van der Waals surface area contributed by atoms with Crippen LogP contribution in [-0.2, 0) is 0 Å². The third kappa shape index (κ3) is 1.93. The molecule has 2 aromatic carbocycles. The maximum absolute atomic E-state index is 13.3. The van der Waals surface area contributed by atoms with E-state index in [0.717, 1.165) is 28.7 Å².